The van der Waals surface area contributed by atoms with Crippen molar-refractivity contribution in [3.8, 4) is 0 Å². The molecule has 1 amide bonds. The molecule has 94 valence electrons. The molecule has 0 spiro atoms. The molecule has 1 saturated heterocycles. The molecule has 1 rings (SSSR count). The van der Waals surface area contributed by atoms with Crippen molar-refractivity contribution in [3.05, 3.63) is 0 Å². The molecular formula is C10H20N2O3S. The number of carbonyl (C=O) groups is 1. The SMILES string of the molecule is CCC(CN)C(=O)N1CCS(=O)(=O)CC1C. The van der Waals surface area contributed by atoms with Gasteiger partial charge in [0, 0.05) is 19.1 Å². The quantitative estimate of drug-likeness (QED) is 0.738. The van der Waals surface area contributed by atoms with Crippen molar-refractivity contribution in [2.45, 2.75) is 26.3 Å². The molecule has 2 atom stereocenters. The molecule has 0 radical (unpaired) electrons. The molecule has 1 fully saturated rings. The number of carbonyl (C=O) groups excluding carboxylic acids is 1. The van der Waals surface area contributed by atoms with Crippen LogP contribution in [0.25, 0.3) is 0 Å². The van der Waals surface area contributed by atoms with Gasteiger partial charge in [-0.05, 0) is 13.3 Å². The Morgan fingerprint density at radius 3 is 2.62 bits per heavy atom. The molecule has 0 saturated carbocycles. The Morgan fingerprint density at radius 1 is 1.56 bits per heavy atom. The molecule has 1 aliphatic heterocycles. The number of nitrogens with zero attached hydrogens (tertiary/aromatic N) is 1. The topological polar surface area (TPSA) is 80.5 Å². The minimum Gasteiger partial charge on any atom is -0.338 e. The summed E-state index contributed by atoms with van der Waals surface area (Å²) in [7, 11) is -2.96. The Balaban J connectivity index is 2.72. The van der Waals surface area contributed by atoms with Gasteiger partial charge >= 0.3 is 0 Å². The highest BCUT2D eigenvalue weighted by Gasteiger charge is 2.33. The molecule has 0 bridgehead atoms. The average molecular weight is 248 g/mol. The number of sulfone groups is 1. The van der Waals surface area contributed by atoms with Crippen molar-refractivity contribution < 1.29 is 13.2 Å². The van der Waals surface area contributed by atoms with E-state index in [1.807, 2.05) is 6.92 Å². The second-order valence-corrected chi connectivity index (χ2v) is 6.56. The summed E-state index contributed by atoms with van der Waals surface area (Å²) in [4.78, 5) is 13.7. The average Bonchev–Trinajstić information content (AvgIpc) is 2.17. The Hall–Kier alpha value is -0.620. The minimum absolute atomic E-state index is 0.00704. The summed E-state index contributed by atoms with van der Waals surface area (Å²) in [5.41, 5.74) is 5.52. The Bertz CT molecular complexity index is 349. The Kier molecular flexibility index (Phi) is 4.32. The van der Waals surface area contributed by atoms with Crippen molar-refractivity contribution in [3.63, 3.8) is 0 Å². The van der Waals surface area contributed by atoms with Gasteiger partial charge in [0.05, 0.1) is 17.4 Å². The molecule has 6 heteroatoms. The summed E-state index contributed by atoms with van der Waals surface area (Å²) >= 11 is 0. The highest BCUT2D eigenvalue weighted by molar-refractivity contribution is 7.91. The van der Waals surface area contributed by atoms with Crippen molar-refractivity contribution in [1.82, 2.24) is 4.90 Å². The molecule has 0 aromatic carbocycles. The van der Waals surface area contributed by atoms with Crippen LogP contribution in [0, 0.1) is 5.92 Å². The van der Waals surface area contributed by atoms with Crippen LogP contribution in [-0.4, -0.2) is 49.9 Å². The van der Waals surface area contributed by atoms with E-state index in [1.54, 1.807) is 11.8 Å². The van der Waals surface area contributed by atoms with E-state index >= 15 is 0 Å². The van der Waals surface area contributed by atoms with Crippen molar-refractivity contribution in [2.24, 2.45) is 11.7 Å². The maximum atomic E-state index is 12.0. The first-order chi connectivity index (χ1) is 7.41. The second kappa shape index (κ2) is 5.14. The van der Waals surface area contributed by atoms with E-state index in [4.69, 9.17) is 5.73 Å². The van der Waals surface area contributed by atoms with Gasteiger partial charge in [-0.3, -0.25) is 4.79 Å². The van der Waals surface area contributed by atoms with Crippen molar-refractivity contribution >= 4 is 15.7 Å². The van der Waals surface area contributed by atoms with Crippen LogP contribution < -0.4 is 5.73 Å². The largest absolute Gasteiger partial charge is 0.338 e. The first-order valence-corrected chi connectivity index (χ1v) is 7.44. The van der Waals surface area contributed by atoms with Crippen LogP contribution >= 0.6 is 0 Å². The predicted molar refractivity (Wildman–Crippen MR) is 62.7 cm³/mol. The van der Waals surface area contributed by atoms with E-state index in [9.17, 15) is 13.2 Å². The zero-order chi connectivity index (χ0) is 12.3. The van der Waals surface area contributed by atoms with Gasteiger partial charge in [-0.1, -0.05) is 6.92 Å². The summed E-state index contributed by atoms with van der Waals surface area (Å²) in [6, 6.07) is -0.230. The zero-order valence-corrected chi connectivity index (χ0v) is 10.7. The van der Waals surface area contributed by atoms with Gasteiger partial charge in [0.25, 0.3) is 0 Å². The van der Waals surface area contributed by atoms with E-state index in [2.05, 4.69) is 0 Å². The maximum Gasteiger partial charge on any atom is 0.227 e. The molecule has 0 aromatic rings. The van der Waals surface area contributed by atoms with Gasteiger partial charge in [0.1, 0.15) is 0 Å². The van der Waals surface area contributed by atoms with Crippen LogP contribution in [0.15, 0.2) is 0 Å². The molecule has 1 heterocycles. The molecule has 2 unspecified atom stereocenters. The van der Waals surface area contributed by atoms with E-state index in [-0.39, 0.29) is 29.4 Å². The molecule has 5 nitrogen and oxygen atoms in total. The molecule has 0 aliphatic carbocycles. The summed E-state index contributed by atoms with van der Waals surface area (Å²) in [5.74, 6) is -0.0419. The fourth-order valence-corrected chi connectivity index (χ4v) is 3.56. The van der Waals surface area contributed by atoms with E-state index in [0.717, 1.165) is 0 Å². The highest BCUT2D eigenvalue weighted by Crippen LogP contribution is 2.15. The van der Waals surface area contributed by atoms with E-state index < -0.39 is 9.84 Å². The third-order valence-corrected chi connectivity index (χ3v) is 4.87. The first kappa shape index (κ1) is 13.4. The lowest BCUT2D eigenvalue weighted by atomic mass is 10.0. The number of hydrogen-bond acceptors (Lipinski definition) is 4. The zero-order valence-electron chi connectivity index (χ0n) is 9.85. The van der Waals surface area contributed by atoms with Crippen LogP contribution in [0.5, 0.6) is 0 Å². The monoisotopic (exact) mass is 248 g/mol. The van der Waals surface area contributed by atoms with E-state index in [0.29, 0.717) is 19.5 Å². The third-order valence-electron chi connectivity index (χ3n) is 3.08. The van der Waals surface area contributed by atoms with Gasteiger partial charge in [0.2, 0.25) is 5.91 Å². The van der Waals surface area contributed by atoms with E-state index in [1.165, 1.54) is 0 Å². The van der Waals surface area contributed by atoms with Crippen molar-refractivity contribution in [2.75, 3.05) is 24.6 Å². The number of nitrogens with two attached hydrogens (primary N) is 1. The van der Waals surface area contributed by atoms with Crippen molar-refractivity contribution in [1.29, 1.82) is 0 Å². The molecule has 1 aliphatic rings. The molecule has 2 N–H and O–H groups in total. The number of rotatable bonds is 3. The summed E-state index contributed by atoms with van der Waals surface area (Å²) in [6.45, 7) is 4.32. The fraction of sp³-hybridized carbons (Fsp3) is 0.900. The van der Waals surface area contributed by atoms with Crippen LogP contribution in [-0.2, 0) is 14.6 Å². The van der Waals surface area contributed by atoms with Gasteiger partial charge in [-0.2, -0.15) is 0 Å². The van der Waals surface area contributed by atoms with Gasteiger partial charge in [-0.15, -0.1) is 0 Å². The Morgan fingerprint density at radius 2 is 2.19 bits per heavy atom. The van der Waals surface area contributed by atoms with Gasteiger partial charge in [0.15, 0.2) is 9.84 Å². The predicted octanol–water partition coefficient (Wildman–Crippen LogP) is -0.383. The molecular weight excluding hydrogens is 228 g/mol. The fourth-order valence-electron chi connectivity index (χ4n) is 2.00. The van der Waals surface area contributed by atoms with Gasteiger partial charge < -0.3 is 10.6 Å². The first-order valence-electron chi connectivity index (χ1n) is 5.62. The smallest absolute Gasteiger partial charge is 0.227 e. The lowest BCUT2D eigenvalue weighted by molar-refractivity contribution is -0.136. The van der Waals surface area contributed by atoms with Crippen LogP contribution in [0.4, 0.5) is 0 Å². The van der Waals surface area contributed by atoms with Gasteiger partial charge in [-0.25, -0.2) is 8.42 Å². The lowest BCUT2D eigenvalue weighted by Gasteiger charge is -2.35. The van der Waals surface area contributed by atoms with Crippen LogP contribution in [0.2, 0.25) is 0 Å². The normalized spacial score (nSPS) is 26.4. The lowest BCUT2D eigenvalue weighted by Crippen LogP contribution is -2.52. The number of amides is 1. The summed E-state index contributed by atoms with van der Waals surface area (Å²) in [5, 5.41) is 0. The summed E-state index contributed by atoms with van der Waals surface area (Å²) in [6.07, 6.45) is 0.700. The second-order valence-electron chi connectivity index (χ2n) is 4.34. The number of hydrogen-bond donors (Lipinski definition) is 1. The Labute approximate surface area is 96.9 Å². The van der Waals surface area contributed by atoms with Crippen LogP contribution in [0.1, 0.15) is 20.3 Å². The molecule has 16 heavy (non-hydrogen) atoms. The standard InChI is InChI=1S/C10H20N2O3S/c1-3-9(6-11)10(13)12-4-5-16(14,15)7-8(12)2/h8-9H,3-7,11H2,1-2H3. The van der Waals surface area contributed by atoms with Crippen LogP contribution in [0.3, 0.4) is 0 Å². The summed E-state index contributed by atoms with van der Waals surface area (Å²) < 4.78 is 22.8. The molecule has 0 aromatic heterocycles. The minimum atomic E-state index is -2.96. The highest BCUT2D eigenvalue weighted by atomic mass is 32.2. The third kappa shape index (κ3) is 2.95. The maximum absolute atomic E-state index is 12.0.